The lowest BCUT2D eigenvalue weighted by Crippen LogP contribution is -2.37. The molecule has 0 aromatic rings. The summed E-state index contributed by atoms with van der Waals surface area (Å²) in [5.41, 5.74) is 4.98. The third-order valence-electron chi connectivity index (χ3n) is 1.09. The van der Waals surface area contributed by atoms with Gasteiger partial charge in [-0.2, -0.15) is 0 Å². The molecular weight excluding hydrogens is 116 g/mol. The van der Waals surface area contributed by atoms with Crippen molar-refractivity contribution in [2.75, 3.05) is 0 Å². The van der Waals surface area contributed by atoms with Gasteiger partial charge < -0.3 is 11.1 Å². The molecule has 1 aliphatic heterocycles. The number of dihydropyridines is 1. The summed E-state index contributed by atoms with van der Waals surface area (Å²) in [6.45, 7) is 0. The number of amides is 1. The highest BCUT2D eigenvalue weighted by Gasteiger charge is 2.08. The predicted molar refractivity (Wildman–Crippen MR) is 34.4 cm³/mol. The molecule has 1 aliphatic rings. The van der Waals surface area contributed by atoms with Gasteiger partial charge in [0, 0.05) is 0 Å². The lowest BCUT2D eigenvalue weighted by molar-refractivity contribution is -0.118. The van der Waals surface area contributed by atoms with Crippen molar-refractivity contribution in [3.05, 3.63) is 24.4 Å². The van der Waals surface area contributed by atoms with E-state index in [0.29, 0.717) is 0 Å². The van der Waals surface area contributed by atoms with Crippen molar-refractivity contribution in [3.8, 4) is 0 Å². The van der Waals surface area contributed by atoms with Crippen LogP contribution in [0.15, 0.2) is 24.4 Å². The molecule has 1 unspecified atom stereocenters. The van der Waals surface area contributed by atoms with Gasteiger partial charge in [0.2, 0.25) is 5.91 Å². The Morgan fingerprint density at radius 1 is 1.56 bits per heavy atom. The fourth-order valence-corrected chi connectivity index (χ4v) is 0.623. The summed E-state index contributed by atoms with van der Waals surface area (Å²) in [4.78, 5) is 10.4. The van der Waals surface area contributed by atoms with Gasteiger partial charge >= 0.3 is 0 Å². The summed E-state index contributed by atoms with van der Waals surface area (Å²) in [6, 6.07) is -0.324. The monoisotopic (exact) mass is 124 g/mol. The molecule has 0 fully saturated rings. The fourth-order valence-electron chi connectivity index (χ4n) is 0.623. The van der Waals surface area contributed by atoms with Crippen LogP contribution < -0.4 is 11.1 Å². The molecule has 0 saturated carbocycles. The van der Waals surface area contributed by atoms with Crippen LogP contribution in [0.25, 0.3) is 0 Å². The molecule has 0 aliphatic carbocycles. The van der Waals surface area contributed by atoms with Gasteiger partial charge in [0.05, 0.1) is 0 Å². The molecule has 3 heteroatoms. The predicted octanol–water partition coefficient (Wildman–Crippen LogP) is -0.487. The van der Waals surface area contributed by atoms with E-state index in [2.05, 4.69) is 5.32 Å². The van der Waals surface area contributed by atoms with Crippen molar-refractivity contribution in [3.63, 3.8) is 0 Å². The third kappa shape index (κ3) is 1.32. The Morgan fingerprint density at radius 2 is 2.33 bits per heavy atom. The zero-order valence-corrected chi connectivity index (χ0v) is 4.87. The Morgan fingerprint density at radius 3 is 2.67 bits per heavy atom. The van der Waals surface area contributed by atoms with E-state index in [1.807, 2.05) is 0 Å². The van der Waals surface area contributed by atoms with Gasteiger partial charge in [0.15, 0.2) is 0 Å². The highest BCUT2D eigenvalue weighted by molar-refractivity contribution is 5.82. The maximum Gasteiger partial charge on any atom is 0.243 e. The average Bonchev–Trinajstić information content (AvgIpc) is 1.90. The van der Waals surface area contributed by atoms with Crippen LogP contribution in [0.5, 0.6) is 0 Å². The van der Waals surface area contributed by atoms with E-state index in [1.165, 1.54) is 0 Å². The minimum atomic E-state index is -0.351. The summed E-state index contributed by atoms with van der Waals surface area (Å²) >= 11 is 0. The summed E-state index contributed by atoms with van der Waals surface area (Å²) in [5.74, 6) is -0.351. The van der Waals surface area contributed by atoms with E-state index in [1.54, 1.807) is 24.4 Å². The van der Waals surface area contributed by atoms with Gasteiger partial charge in [-0.3, -0.25) is 4.79 Å². The lowest BCUT2D eigenvalue weighted by Gasteiger charge is -2.10. The van der Waals surface area contributed by atoms with Crippen LogP contribution in [0, 0.1) is 0 Å². The Bertz CT molecular complexity index is 172. The summed E-state index contributed by atoms with van der Waals surface area (Å²) in [6.07, 6.45) is 6.99. The molecule has 48 valence electrons. The molecule has 1 heterocycles. The summed E-state index contributed by atoms with van der Waals surface area (Å²) < 4.78 is 0. The fraction of sp³-hybridized carbons (Fsp3) is 0.167. The Kier molecular flexibility index (Phi) is 1.53. The quantitative estimate of drug-likeness (QED) is 0.495. The normalized spacial score (nSPS) is 23.3. The van der Waals surface area contributed by atoms with E-state index >= 15 is 0 Å². The van der Waals surface area contributed by atoms with Crippen molar-refractivity contribution >= 4 is 5.91 Å². The molecule has 9 heavy (non-hydrogen) atoms. The first-order valence-electron chi connectivity index (χ1n) is 2.69. The highest BCUT2D eigenvalue weighted by atomic mass is 16.1. The second-order valence-corrected chi connectivity index (χ2v) is 1.79. The molecule has 1 atom stereocenters. The van der Waals surface area contributed by atoms with Gasteiger partial charge in [-0.05, 0) is 12.3 Å². The Labute approximate surface area is 53.2 Å². The SMILES string of the molecule is NC(=O)C1C=CC=CN1. The maximum absolute atomic E-state index is 10.4. The minimum absolute atomic E-state index is 0.324. The molecule has 0 spiro atoms. The molecule has 0 saturated heterocycles. The second kappa shape index (κ2) is 2.35. The number of nitrogens with two attached hydrogens (primary N) is 1. The van der Waals surface area contributed by atoms with Crippen LogP contribution in [0.4, 0.5) is 0 Å². The van der Waals surface area contributed by atoms with Gasteiger partial charge in [0.1, 0.15) is 6.04 Å². The summed E-state index contributed by atoms with van der Waals surface area (Å²) in [5, 5.41) is 2.78. The molecular formula is C6H8N2O. The largest absolute Gasteiger partial charge is 0.377 e. The zero-order chi connectivity index (χ0) is 6.69. The van der Waals surface area contributed by atoms with Crippen LogP contribution in [0.2, 0.25) is 0 Å². The standard InChI is InChI=1S/C6H8N2O/c7-6(9)5-3-1-2-4-8-5/h1-5,8H,(H2,7,9). The maximum atomic E-state index is 10.4. The van der Waals surface area contributed by atoms with Crippen LogP contribution in [0.3, 0.4) is 0 Å². The van der Waals surface area contributed by atoms with Crippen molar-refractivity contribution in [1.82, 2.24) is 5.32 Å². The van der Waals surface area contributed by atoms with E-state index in [4.69, 9.17) is 5.73 Å². The van der Waals surface area contributed by atoms with E-state index in [9.17, 15) is 4.79 Å². The van der Waals surface area contributed by atoms with Gasteiger partial charge in [-0.25, -0.2) is 0 Å². The number of carbonyl (C=O) groups is 1. The number of hydrogen-bond acceptors (Lipinski definition) is 2. The van der Waals surface area contributed by atoms with Crippen molar-refractivity contribution in [1.29, 1.82) is 0 Å². The molecule has 3 nitrogen and oxygen atoms in total. The second-order valence-electron chi connectivity index (χ2n) is 1.79. The topological polar surface area (TPSA) is 55.1 Å². The van der Waals surface area contributed by atoms with E-state index in [0.717, 1.165) is 0 Å². The molecule has 0 aromatic heterocycles. The molecule has 3 N–H and O–H groups in total. The first-order chi connectivity index (χ1) is 4.30. The van der Waals surface area contributed by atoms with E-state index in [-0.39, 0.29) is 11.9 Å². The van der Waals surface area contributed by atoms with Crippen LogP contribution in [-0.2, 0) is 4.79 Å². The average molecular weight is 124 g/mol. The number of hydrogen-bond donors (Lipinski definition) is 2. The number of nitrogens with one attached hydrogen (secondary N) is 1. The van der Waals surface area contributed by atoms with E-state index < -0.39 is 0 Å². The first kappa shape index (κ1) is 5.88. The molecule has 0 radical (unpaired) electrons. The highest BCUT2D eigenvalue weighted by Crippen LogP contribution is 1.91. The van der Waals surface area contributed by atoms with Crippen LogP contribution in [0.1, 0.15) is 0 Å². The lowest BCUT2D eigenvalue weighted by atomic mass is 10.2. The van der Waals surface area contributed by atoms with Gasteiger partial charge in [-0.15, -0.1) is 0 Å². The van der Waals surface area contributed by atoms with Crippen molar-refractivity contribution in [2.45, 2.75) is 6.04 Å². The van der Waals surface area contributed by atoms with Crippen molar-refractivity contribution in [2.24, 2.45) is 5.73 Å². The number of rotatable bonds is 1. The number of allylic oxidation sites excluding steroid dienone is 2. The molecule has 1 amide bonds. The molecule has 1 rings (SSSR count). The Hall–Kier alpha value is -1.25. The summed E-state index contributed by atoms with van der Waals surface area (Å²) in [7, 11) is 0. The zero-order valence-electron chi connectivity index (χ0n) is 4.87. The van der Waals surface area contributed by atoms with Crippen LogP contribution >= 0.6 is 0 Å². The first-order valence-corrected chi connectivity index (χ1v) is 2.69. The minimum Gasteiger partial charge on any atom is -0.377 e. The van der Waals surface area contributed by atoms with Crippen LogP contribution in [-0.4, -0.2) is 11.9 Å². The van der Waals surface area contributed by atoms with Gasteiger partial charge in [-0.1, -0.05) is 12.2 Å². The molecule has 0 bridgehead atoms. The molecule has 0 aromatic carbocycles. The van der Waals surface area contributed by atoms with Gasteiger partial charge in [0.25, 0.3) is 0 Å². The van der Waals surface area contributed by atoms with Crippen molar-refractivity contribution < 1.29 is 4.79 Å². The number of carbonyl (C=O) groups excluding carboxylic acids is 1. The smallest absolute Gasteiger partial charge is 0.243 e. The Balaban J connectivity index is 2.56. The number of primary amides is 1. The third-order valence-corrected chi connectivity index (χ3v) is 1.09.